The topological polar surface area (TPSA) is 107 Å². The number of para-hydroxylation sites is 2. The maximum Gasteiger partial charge on any atom is 0.262 e. The van der Waals surface area contributed by atoms with Crippen molar-refractivity contribution in [2.45, 2.75) is 0 Å². The van der Waals surface area contributed by atoms with E-state index in [-0.39, 0.29) is 16.9 Å². The fourth-order valence-electron chi connectivity index (χ4n) is 3.25. The number of nitrogens with two attached hydrogens (primary N) is 1. The number of amides is 2. The molecule has 25 heavy (non-hydrogen) atoms. The van der Waals surface area contributed by atoms with Crippen LogP contribution in [0.4, 0.5) is 11.5 Å². The highest BCUT2D eigenvalue weighted by Gasteiger charge is 2.32. The van der Waals surface area contributed by atoms with Gasteiger partial charge < -0.3 is 15.4 Å². The Balaban J connectivity index is 1.92. The Morgan fingerprint density at radius 2 is 1.68 bits per heavy atom. The lowest BCUT2D eigenvalue weighted by atomic mass is 10.1. The van der Waals surface area contributed by atoms with Crippen molar-refractivity contribution >= 4 is 23.3 Å². The van der Waals surface area contributed by atoms with Crippen LogP contribution in [0.3, 0.4) is 0 Å². The highest BCUT2D eigenvalue weighted by molar-refractivity contribution is 6.23. The third-order valence-corrected chi connectivity index (χ3v) is 4.43. The molecule has 1 saturated heterocycles. The van der Waals surface area contributed by atoms with Gasteiger partial charge in [-0.05, 0) is 12.1 Å². The maximum absolute atomic E-state index is 12.6. The molecule has 0 saturated carbocycles. The van der Waals surface area contributed by atoms with Crippen molar-refractivity contribution < 1.29 is 14.3 Å². The van der Waals surface area contributed by atoms with Gasteiger partial charge >= 0.3 is 0 Å². The Labute approximate surface area is 142 Å². The second-order valence-electron chi connectivity index (χ2n) is 5.86. The van der Waals surface area contributed by atoms with Crippen molar-refractivity contribution in [1.29, 1.82) is 0 Å². The van der Waals surface area contributed by atoms with E-state index < -0.39 is 17.4 Å². The number of anilines is 2. The van der Waals surface area contributed by atoms with Gasteiger partial charge in [0.2, 0.25) is 0 Å². The quantitative estimate of drug-likeness (QED) is 0.753. The summed E-state index contributed by atoms with van der Waals surface area (Å²) in [5.41, 5.74) is 7.13. The molecule has 3 heterocycles. The van der Waals surface area contributed by atoms with Crippen LogP contribution >= 0.6 is 0 Å². The third kappa shape index (κ3) is 2.38. The van der Waals surface area contributed by atoms with Gasteiger partial charge in [0.05, 0.1) is 35.7 Å². The predicted molar refractivity (Wildman–Crippen MR) is 91.3 cm³/mol. The normalized spacial score (nSPS) is 16.7. The zero-order valence-electron chi connectivity index (χ0n) is 13.3. The molecule has 8 nitrogen and oxygen atoms in total. The number of nitrogens with one attached hydrogen (secondary N) is 1. The van der Waals surface area contributed by atoms with Gasteiger partial charge in [-0.3, -0.25) is 24.3 Å². The summed E-state index contributed by atoms with van der Waals surface area (Å²) in [4.78, 5) is 38.5. The van der Waals surface area contributed by atoms with Crippen LogP contribution in [0.25, 0.3) is 5.69 Å². The van der Waals surface area contributed by atoms with Crippen molar-refractivity contribution in [1.82, 2.24) is 9.88 Å². The first-order chi connectivity index (χ1) is 12.1. The smallest absolute Gasteiger partial charge is 0.262 e. The number of pyridine rings is 1. The fourth-order valence-corrected chi connectivity index (χ4v) is 3.25. The highest BCUT2D eigenvalue weighted by atomic mass is 16.5. The first-order valence-electron chi connectivity index (χ1n) is 7.91. The molecule has 1 fully saturated rings. The molecule has 2 aliphatic rings. The van der Waals surface area contributed by atoms with Crippen LogP contribution in [0.5, 0.6) is 0 Å². The number of fused-ring (bicyclic) bond motifs is 1. The second-order valence-corrected chi connectivity index (χ2v) is 5.86. The number of morpholine rings is 1. The molecule has 3 N–H and O–H groups in total. The molecule has 2 aliphatic heterocycles. The number of rotatable bonds is 2. The number of carbonyl (C=O) groups excluding carboxylic acids is 2. The van der Waals surface area contributed by atoms with E-state index in [9.17, 15) is 14.4 Å². The van der Waals surface area contributed by atoms with E-state index in [2.05, 4.69) is 10.2 Å². The Morgan fingerprint density at radius 3 is 2.40 bits per heavy atom. The molecule has 2 amide bonds. The number of benzene rings is 1. The van der Waals surface area contributed by atoms with E-state index >= 15 is 0 Å². The number of aromatic nitrogens is 1. The molecule has 0 unspecified atom stereocenters. The van der Waals surface area contributed by atoms with E-state index in [0.29, 0.717) is 32.0 Å². The minimum Gasteiger partial charge on any atom is -0.384 e. The molecule has 0 bridgehead atoms. The van der Waals surface area contributed by atoms with Gasteiger partial charge in [0, 0.05) is 19.2 Å². The number of ether oxygens (including phenoxy) is 1. The van der Waals surface area contributed by atoms with Crippen LogP contribution in [-0.2, 0) is 4.74 Å². The molecule has 8 heteroatoms. The number of hydrogen-bond acceptors (Lipinski definition) is 6. The van der Waals surface area contributed by atoms with Crippen LogP contribution in [-0.4, -0.2) is 42.7 Å². The number of nitrogen functional groups attached to an aromatic ring is 1. The average Bonchev–Trinajstić information content (AvgIpc) is 2.90. The lowest BCUT2D eigenvalue weighted by Crippen LogP contribution is -2.37. The van der Waals surface area contributed by atoms with Gasteiger partial charge in [0.15, 0.2) is 0 Å². The average molecular weight is 340 g/mol. The molecule has 2 aromatic rings. The summed E-state index contributed by atoms with van der Waals surface area (Å²) in [6.07, 6.45) is 0. The maximum atomic E-state index is 12.6. The number of carbonyl (C=O) groups is 2. The molecular formula is C17H16N4O4. The lowest BCUT2D eigenvalue weighted by Gasteiger charge is -2.31. The molecule has 1 aromatic carbocycles. The lowest BCUT2D eigenvalue weighted by molar-refractivity contribution is 0.0880. The number of nitrogens with zero attached hydrogens (tertiary/aromatic N) is 2. The van der Waals surface area contributed by atoms with E-state index in [1.54, 1.807) is 12.1 Å². The second kappa shape index (κ2) is 5.75. The van der Waals surface area contributed by atoms with Crippen molar-refractivity contribution in [2.24, 2.45) is 0 Å². The Kier molecular flexibility index (Phi) is 3.54. The summed E-state index contributed by atoms with van der Waals surface area (Å²) in [6.45, 7) is 2.57. The van der Waals surface area contributed by atoms with Crippen LogP contribution in [0, 0.1) is 0 Å². The molecular weight excluding hydrogens is 324 g/mol. The molecule has 0 spiro atoms. The van der Waals surface area contributed by atoms with E-state index in [1.807, 2.05) is 12.1 Å². The van der Waals surface area contributed by atoms with Gasteiger partial charge in [-0.15, -0.1) is 0 Å². The van der Waals surface area contributed by atoms with Gasteiger partial charge in [-0.25, -0.2) is 0 Å². The standard InChI is InChI=1S/C17H16N4O4/c18-15-14-10(16(23)19-17(14)24)9-13(22)21(15)12-4-2-1-3-11(12)20-5-7-25-8-6-20/h1-4,9H,5-8,18H2,(H,19,23,24). The van der Waals surface area contributed by atoms with Gasteiger partial charge in [0.1, 0.15) is 5.82 Å². The van der Waals surface area contributed by atoms with E-state index in [1.165, 1.54) is 4.57 Å². The highest BCUT2D eigenvalue weighted by Crippen LogP contribution is 2.29. The van der Waals surface area contributed by atoms with E-state index in [4.69, 9.17) is 10.5 Å². The summed E-state index contributed by atoms with van der Waals surface area (Å²) in [5, 5.41) is 2.17. The van der Waals surface area contributed by atoms with Gasteiger partial charge in [-0.1, -0.05) is 12.1 Å². The largest absolute Gasteiger partial charge is 0.384 e. The Bertz CT molecular complexity index is 944. The SMILES string of the molecule is Nc1c2c(cc(=O)n1-c1ccccc1N1CCOCC1)C(=O)NC2=O. The van der Waals surface area contributed by atoms with Crippen molar-refractivity contribution in [3.8, 4) is 5.69 Å². The Morgan fingerprint density at radius 1 is 1.00 bits per heavy atom. The summed E-state index contributed by atoms with van der Waals surface area (Å²) < 4.78 is 6.65. The summed E-state index contributed by atoms with van der Waals surface area (Å²) >= 11 is 0. The summed E-state index contributed by atoms with van der Waals surface area (Å²) in [6, 6.07) is 8.49. The Hall–Kier alpha value is -3.13. The molecule has 0 radical (unpaired) electrons. The first-order valence-corrected chi connectivity index (χ1v) is 7.91. The fraction of sp³-hybridized carbons (Fsp3) is 0.235. The third-order valence-electron chi connectivity index (χ3n) is 4.43. The number of hydrogen-bond donors (Lipinski definition) is 2. The van der Waals surface area contributed by atoms with Gasteiger partial charge in [-0.2, -0.15) is 0 Å². The minimum atomic E-state index is -0.600. The summed E-state index contributed by atoms with van der Waals surface area (Å²) in [5.74, 6) is -1.22. The number of imide groups is 1. The monoisotopic (exact) mass is 340 g/mol. The van der Waals surface area contributed by atoms with Crippen molar-refractivity contribution in [3.05, 3.63) is 51.8 Å². The van der Waals surface area contributed by atoms with Crippen LogP contribution in [0.2, 0.25) is 0 Å². The molecule has 4 rings (SSSR count). The van der Waals surface area contributed by atoms with Crippen LogP contribution < -0.4 is 21.5 Å². The first kappa shape index (κ1) is 15.4. The molecule has 1 aromatic heterocycles. The molecule has 128 valence electrons. The van der Waals surface area contributed by atoms with Gasteiger partial charge in [0.25, 0.3) is 17.4 Å². The zero-order chi connectivity index (χ0) is 17.6. The predicted octanol–water partition coefficient (Wildman–Crippen LogP) is 0.140. The molecule has 0 atom stereocenters. The zero-order valence-corrected chi connectivity index (χ0v) is 13.3. The van der Waals surface area contributed by atoms with E-state index in [0.717, 1.165) is 11.8 Å². The van der Waals surface area contributed by atoms with Crippen LogP contribution in [0.1, 0.15) is 20.7 Å². The van der Waals surface area contributed by atoms with Crippen LogP contribution in [0.15, 0.2) is 35.1 Å². The minimum absolute atomic E-state index is 0.0209. The summed E-state index contributed by atoms with van der Waals surface area (Å²) in [7, 11) is 0. The van der Waals surface area contributed by atoms with Crippen molar-refractivity contribution in [2.75, 3.05) is 36.9 Å². The van der Waals surface area contributed by atoms with Crippen molar-refractivity contribution in [3.63, 3.8) is 0 Å². The molecule has 0 aliphatic carbocycles.